The van der Waals surface area contributed by atoms with E-state index in [0.29, 0.717) is 23.3 Å². The highest BCUT2D eigenvalue weighted by atomic mass is 79.9. The molecule has 8 heteroatoms. The molecule has 30 heavy (non-hydrogen) atoms. The zero-order valence-corrected chi connectivity index (χ0v) is 18.5. The van der Waals surface area contributed by atoms with Crippen LogP contribution in [0.2, 0.25) is 0 Å². The topological polar surface area (TPSA) is 93.1 Å². The van der Waals surface area contributed by atoms with E-state index in [4.69, 9.17) is 0 Å². The molecule has 0 fully saturated rings. The minimum atomic E-state index is -0.365. The first kappa shape index (κ1) is 21.7. The average molecular weight is 471 g/mol. The Morgan fingerprint density at radius 3 is 2.63 bits per heavy atom. The summed E-state index contributed by atoms with van der Waals surface area (Å²) in [6, 6.07) is 12.8. The van der Waals surface area contributed by atoms with E-state index >= 15 is 0 Å². The first-order valence-corrected chi connectivity index (χ1v) is 10.5. The Balaban J connectivity index is 1.89. The molecule has 0 aliphatic rings. The summed E-state index contributed by atoms with van der Waals surface area (Å²) in [6.45, 7) is 4.17. The molecule has 0 radical (unpaired) electrons. The van der Waals surface area contributed by atoms with Crippen molar-refractivity contribution in [3.8, 4) is 0 Å². The van der Waals surface area contributed by atoms with Gasteiger partial charge < -0.3 is 10.6 Å². The summed E-state index contributed by atoms with van der Waals surface area (Å²) in [7, 11) is 0. The Morgan fingerprint density at radius 2 is 1.90 bits per heavy atom. The van der Waals surface area contributed by atoms with Crippen molar-refractivity contribution in [1.82, 2.24) is 14.9 Å². The van der Waals surface area contributed by atoms with E-state index in [-0.39, 0.29) is 42.5 Å². The third-order valence-electron chi connectivity index (χ3n) is 4.58. The van der Waals surface area contributed by atoms with Crippen LogP contribution in [0.4, 0.5) is 5.69 Å². The Bertz CT molecular complexity index is 1160. The highest BCUT2D eigenvalue weighted by Gasteiger charge is 2.15. The van der Waals surface area contributed by atoms with Gasteiger partial charge in [0.15, 0.2) is 0 Å². The molecule has 3 rings (SSSR count). The molecule has 7 nitrogen and oxygen atoms in total. The predicted octanol–water partition coefficient (Wildman–Crippen LogP) is 3.17. The molecular formula is C22H23BrN4O3. The summed E-state index contributed by atoms with van der Waals surface area (Å²) in [5.41, 5.74) is 2.77. The standard InChI is InChI=1S/C22H23BrN4O3/c1-3-24-20(28)11-10-18-22(30)27(19-7-5-4-6-17(19)25-18)13-21(29)26-16-9-8-14(2)12-15(16)23/h4-9,12H,3,10-11,13H2,1-2H3,(H,24,28)(H,26,29). The van der Waals surface area contributed by atoms with Gasteiger partial charge in [-0.1, -0.05) is 18.2 Å². The molecule has 0 saturated heterocycles. The van der Waals surface area contributed by atoms with Gasteiger partial charge in [0.2, 0.25) is 11.8 Å². The summed E-state index contributed by atoms with van der Waals surface area (Å²) in [4.78, 5) is 42.0. The van der Waals surface area contributed by atoms with Gasteiger partial charge >= 0.3 is 0 Å². The quantitative estimate of drug-likeness (QED) is 0.554. The Labute approximate surface area is 182 Å². The largest absolute Gasteiger partial charge is 0.356 e. The zero-order valence-electron chi connectivity index (χ0n) is 16.9. The lowest BCUT2D eigenvalue weighted by Gasteiger charge is -2.13. The Morgan fingerprint density at radius 1 is 1.13 bits per heavy atom. The number of aryl methyl sites for hydroxylation is 2. The fraction of sp³-hybridized carbons (Fsp3) is 0.273. The van der Waals surface area contributed by atoms with Crippen molar-refractivity contribution in [3.05, 3.63) is 68.5 Å². The van der Waals surface area contributed by atoms with Crippen LogP contribution in [-0.2, 0) is 22.6 Å². The summed E-state index contributed by atoms with van der Waals surface area (Å²) < 4.78 is 2.18. The van der Waals surface area contributed by atoms with E-state index in [1.165, 1.54) is 4.57 Å². The van der Waals surface area contributed by atoms with Gasteiger partial charge in [-0.25, -0.2) is 4.98 Å². The first-order valence-electron chi connectivity index (χ1n) is 9.70. The SMILES string of the molecule is CCNC(=O)CCc1nc2ccccc2n(CC(=O)Nc2ccc(C)cc2Br)c1=O. The number of carbonyl (C=O) groups excluding carboxylic acids is 2. The maximum Gasteiger partial charge on any atom is 0.273 e. The smallest absolute Gasteiger partial charge is 0.273 e. The molecule has 0 aliphatic heterocycles. The number of fused-ring (bicyclic) bond motifs is 1. The van der Waals surface area contributed by atoms with Crippen LogP contribution in [0.25, 0.3) is 11.0 Å². The van der Waals surface area contributed by atoms with E-state index in [2.05, 4.69) is 31.5 Å². The van der Waals surface area contributed by atoms with E-state index < -0.39 is 0 Å². The van der Waals surface area contributed by atoms with Crippen LogP contribution in [-0.4, -0.2) is 27.9 Å². The number of anilines is 1. The molecule has 1 aromatic heterocycles. The molecule has 156 valence electrons. The summed E-state index contributed by atoms with van der Waals surface area (Å²) in [5, 5.41) is 5.55. The molecule has 0 unspecified atom stereocenters. The number of amides is 2. The third kappa shape index (κ3) is 5.13. The van der Waals surface area contributed by atoms with Crippen molar-refractivity contribution < 1.29 is 9.59 Å². The normalized spacial score (nSPS) is 10.8. The van der Waals surface area contributed by atoms with Gasteiger partial charge in [-0.2, -0.15) is 0 Å². The van der Waals surface area contributed by atoms with Gasteiger partial charge in [0.1, 0.15) is 12.2 Å². The lowest BCUT2D eigenvalue weighted by molar-refractivity contribution is -0.121. The number of carbonyl (C=O) groups is 2. The number of para-hydroxylation sites is 2. The van der Waals surface area contributed by atoms with Gasteiger partial charge in [0.25, 0.3) is 5.56 Å². The van der Waals surface area contributed by atoms with Crippen molar-refractivity contribution in [1.29, 1.82) is 0 Å². The maximum absolute atomic E-state index is 13.0. The highest BCUT2D eigenvalue weighted by Crippen LogP contribution is 2.23. The van der Waals surface area contributed by atoms with Gasteiger partial charge in [0.05, 0.1) is 16.7 Å². The van der Waals surface area contributed by atoms with Crippen molar-refractivity contribution >= 4 is 44.5 Å². The van der Waals surface area contributed by atoms with E-state index in [1.807, 2.05) is 38.1 Å². The van der Waals surface area contributed by atoms with Crippen LogP contribution < -0.4 is 16.2 Å². The molecule has 2 aromatic carbocycles. The minimum absolute atomic E-state index is 0.139. The number of hydrogen-bond acceptors (Lipinski definition) is 4. The number of aromatic nitrogens is 2. The van der Waals surface area contributed by atoms with Crippen LogP contribution in [0.5, 0.6) is 0 Å². The fourth-order valence-corrected chi connectivity index (χ4v) is 3.73. The average Bonchev–Trinajstić information content (AvgIpc) is 2.71. The number of nitrogens with zero attached hydrogens (tertiary/aromatic N) is 2. The Kier molecular flexibility index (Phi) is 6.99. The number of halogens is 1. The van der Waals surface area contributed by atoms with Crippen LogP contribution in [0, 0.1) is 6.92 Å². The van der Waals surface area contributed by atoms with Crippen LogP contribution in [0.15, 0.2) is 51.7 Å². The van der Waals surface area contributed by atoms with Crippen LogP contribution in [0.3, 0.4) is 0 Å². The Hall–Kier alpha value is -3.00. The van der Waals surface area contributed by atoms with Gasteiger partial charge in [0, 0.05) is 23.9 Å². The van der Waals surface area contributed by atoms with E-state index in [0.717, 1.165) is 10.0 Å². The highest BCUT2D eigenvalue weighted by molar-refractivity contribution is 9.10. The number of rotatable bonds is 7. The van der Waals surface area contributed by atoms with Crippen molar-refractivity contribution in [3.63, 3.8) is 0 Å². The van der Waals surface area contributed by atoms with Gasteiger partial charge in [-0.3, -0.25) is 19.0 Å². The second-order valence-electron chi connectivity index (χ2n) is 6.92. The molecule has 0 saturated carbocycles. The van der Waals surface area contributed by atoms with E-state index in [9.17, 15) is 14.4 Å². The molecule has 2 N–H and O–H groups in total. The number of benzene rings is 2. The second-order valence-corrected chi connectivity index (χ2v) is 7.78. The first-order chi connectivity index (χ1) is 14.4. The summed E-state index contributed by atoms with van der Waals surface area (Å²) >= 11 is 3.44. The van der Waals surface area contributed by atoms with Gasteiger partial charge in [-0.05, 0) is 59.6 Å². The van der Waals surface area contributed by atoms with Crippen LogP contribution in [0.1, 0.15) is 24.6 Å². The van der Waals surface area contributed by atoms with Crippen molar-refractivity contribution in [2.75, 3.05) is 11.9 Å². The summed E-state index contributed by atoms with van der Waals surface area (Å²) in [5.74, 6) is -0.465. The molecular weight excluding hydrogens is 448 g/mol. The predicted molar refractivity (Wildman–Crippen MR) is 121 cm³/mol. The lowest BCUT2D eigenvalue weighted by atomic mass is 10.2. The molecule has 2 amide bonds. The molecule has 0 bridgehead atoms. The zero-order chi connectivity index (χ0) is 21.7. The minimum Gasteiger partial charge on any atom is -0.356 e. The van der Waals surface area contributed by atoms with Gasteiger partial charge in [-0.15, -0.1) is 0 Å². The van der Waals surface area contributed by atoms with Crippen LogP contribution >= 0.6 is 15.9 Å². The molecule has 0 atom stereocenters. The van der Waals surface area contributed by atoms with Crippen molar-refractivity contribution in [2.45, 2.75) is 33.2 Å². The third-order valence-corrected chi connectivity index (χ3v) is 5.24. The van der Waals surface area contributed by atoms with Crippen molar-refractivity contribution in [2.24, 2.45) is 0 Å². The fourth-order valence-electron chi connectivity index (χ4n) is 3.14. The second kappa shape index (κ2) is 9.67. The summed E-state index contributed by atoms with van der Waals surface area (Å²) in [6.07, 6.45) is 0.373. The maximum atomic E-state index is 13.0. The lowest BCUT2D eigenvalue weighted by Crippen LogP contribution is -2.32. The number of hydrogen-bond donors (Lipinski definition) is 2. The molecule has 0 spiro atoms. The molecule has 3 aromatic rings. The number of nitrogens with one attached hydrogen (secondary N) is 2. The molecule has 0 aliphatic carbocycles. The monoisotopic (exact) mass is 470 g/mol. The van der Waals surface area contributed by atoms with E-state index in [1.54, 1.807) is 18.2 Å². The molecule has 1 heterocycles.